The van der Waals surface area contributed by atoms with E-state index in [1.807, 2.05) is 69.4 Å². The molecule has 43 heavy (non-hydrogen) atoms. The summed E-state index contributed by atoms with van der Waals surface area (Å²) in [7, 11) is 3.45. The smallest absolute Gasteiger partial charge is 0.251 e. The van der Waals surface area contributed by atoms with E-state index in [1.54, 1.807) is 19.2 Å². The van der Waals surface area contributed by atoms with E-state index in [1.165, 1.54) is 24.6 Å². The second kappa shape index (κ2) is 16.4. The summed E-state index contributed by atoms with van der Waals surface area (Å²) >= 11 is 7.92. The van der Waals surface area contributed by atoms with Gasteiger partial charge in [0.25, 0.3) is 5.91 Å². The minimum Gasteiger partial charge on any atom is -0.489 e. The molecule has 0 radical (unpaired) electrons. The predicted octanol–water partition coefficient (Wildman–Crippen LogP) is 8.06. The summed E-state index contributed by atoms with van der Waals surface area (Å²) in [6.45, 7) is 8.14. The summed E-state index contributed by atoms with van der Waals surface area (Å²) in [6.07, 6.45) is 8.59. The molecule has 0 unspecified atom stereocenters. The fourth-order valence-corrected chi connectivity index (χ4v) is 4.60. The lowest BCUT2D eigenvalue weighted by molar-refractivity contribution is 0.0963. The number of rotatable bonds is 10. The molecule has 224 valence electrons. The van der Waals surface area contributed by atoms with Crippen LogP contribution in [-0.2, 0) is 0 Å². The molecule has 4 N–H and O–H groups in total. The van der Waals surface area contributed by atoms with Crippen LogP contribution in [-0.4, -0.2) is 36.1 Å². The molecule has 0 aliphatic rings. The monoisotopic (exact) mass is 616 g/mol. The summed E-state index contributed by atoms with van der Waals surface area (Å²) < 4.78 is 9.23. The summed E-state index contributed by atoms with van der Waals surface area (Å²) in [5.41, 5.74) is 4.29. The van der Waals surface area contributed by atoms with Gasteiger partial charge in [-0.25, -0.2) is 4.98 Å². The van der Waals surface area contributed by atoms with E-state index < -0.39 is 0 Å². The fraction of sp³-hybridized carbons (Fsp3) is 0.242. The van der Waals surface area contributed by atoms with Crippen LogP contribution < -0.4 is 25.4 Å². The van der Waals surface area contributed by atoms with Gasteiger partial charge in [0, 0.05) is 28.6 Å². The second-order valence-electron chi connectivity index (χ2n) is 9.51. The van der Waals surface area contributed by atoms with Crippen molar-refractivity contribution in [2.45, 2.75) is 45.1 Å². The summed E-state index contributed by atoms with van der Waals surface area (Å²) in [4.78, 5) is 21.9. The number of ether oxygens (including phenoxy) is 1. The van der Waals surface area contributed by atoms with Gasteiger partial charge in [-0.3, -0.25) is 9.52 Å². The van der Waals surface area contributed by atoms with Crippen molar-refractivity contribution in [1.82, 2.24) is 20.0 Å². The topological polar surface area (TPSA) is 100 Å². The van der Waals surface area contributed by atoms with E-state index in [2.05, 4.69) is 50.4 Å². The molecule has 8 nitrogen and oxygen atoms in total. The maximum absolute atomic E-state index is 12.0. The largest absolute Gasteiger partial charge is 0.489 e. The summed E-state index contributed by atoms with van der Waals surface area (Å²) in [5, 5.41) is 9.53. The lowest BCUT2D eigenvalue weighted by Crippen LogP contribution is -2.17. The highest BCUT2D eigenvalue weighted by Gasteiger charge is 2.16. The van der Waals surface area contributed by atoms with Crippen LogP contribution in [0.15, 0.2) is 71.8 Å². The molecule has 0 atom stereocenters. The first-order valence-corrected chi connectivity index (χ1v) is 15.1. The molecule has 4 rings (SSSR count). The van der Waals surface area contributed by atoms with Gasteiger partial charge in [-0.1, -0.05) is 62.1 Å². The molecule has 0 aliphatic heterocycles. The van der Waals surface area contributed by atoms with Crippen molar-refractivity contribution in [3.63, 3.8) is 0 Å². The van der Waals surface area contributed by atoms with Gasteiger partial charge in [0.1, 0.15) is 10.8 Å². The Kier molecular flexibility index (Phi) is 12.7. The maximum Gasteiger partial charge on any atom is 0.251 e. The van der Waals surface area contributed by atoms with Crippen LogP contribution >= 0.6 is 23.5 Å². The number of para-hydroxylation sites is 1. The molecule has 10 heteroatoms. The SMILES string of the molecule is C#Cc1cc(Nc2ncc(Cl)c(Nc3ccccc3SNC)n2)c(OC(C)C)cc1-c1ccc(C(=O)NC)cc1.CCC. The third kappa shape index (κ3) is 9.13. The summed E-state index contributed by atoms with van der Waals surface area (Å²) in [6, 6.07) is 18.8. The number of nitrogens with zero attached hydrogens (tertiary/aromatic N) is 2. The predicted molar refractivity (Wildman–Crippen MR) is 180 cm³/mol. The van der Waals surface area contributed by atoms with Crippen LogP contribution in [0.5, 0.6) is 5.75 Å². The normalized spacial score (nSPS) is 10.3. The van der Waals surface area contributed by atoms with Gasteiger partial charge in [-0.2, -0.15) is 4.98 Å². The van der Waals surface area contributed by atoms with Crippen molar-refractivity contribution < 1.29 is 9.53 Å². The Bertz CT molecular complexity index is 1570. The van der Waals surface area contributed by atoms with E-state index in [9.17, 15) is 4.79 Å². The Morgan fingerprint density at radius 2 is 1.74 bits per heavy atom. The minimum absolute atomic E-state index is 0.106. The molecule has 4 aromatic rings. The number of amides is 1. The lowest BCUT2D eigenvalue weighted by atomic mass is 9.97. The van der Waals surface area contributed by atoms with Gasteiger partial charge in [-0.15, -0.1) is 6.42 Å². The molecule has 0 saturated carbocycles. The molecular weight excluding hydrogens is 580 g/mol. The number of halogens is 1. The molecule has 0 bridgehead atoms. The van der Waals surface area contributed by atoms with Gasteiger partial charge < -0.3 is 20.7 Å². The van der Waals surface area contributed by atoms with Crippen LogP contribution in [0.25, 0.3) is 11.1 Å². The van der Waals surface area contributed by atoms with E-state index in [0.717, 1.165) is 21.7 Å². The number of hydrogen-bond donors (Lipinski definition) is 4. The van der Waals surface area contributed by atoms with Gasteiger partial charge >= 0.3 is 0 Å². The van der Waals surface area contributed by atoms with Crippen LogP contribution in [0.2, 0.25) is 5.02 Å². The van der Waals surface area contributed by atoms with Crippen LogP contribution in [0.1, 0.15) is 50.0 Å². The Labute approximate surface area is 263 Å². The zero-order valence-electron chi connectivity index (χ0n) is 25.2. The third-order valence-electron chi connectivity index (χ3n) is 5.67. The standard InChI is InChI=1S/C30H29ClN6O2S.C3H8/c1-6-19-15-25(26(39-18(2)3)16-22(19)20-11-13-21(14-12-20)29(38)32-4)36-30-34-17-23(31)28(37-30)35-24-9-7-8-10-27(24)40-33-5;1-3-2/h1,7-18,33H,2-5H3,(H,32,38)(H2,34,35,36,37);3H2,1-2H3. The van der Waals surface area contributed by atoms with Crippen molar-refractivity contribution in [3.8, 4) is 29.2 Å². The zero-order chi connectivity index (χ0) is 31.4. The molecule has 1 heterocycles. The van der Waals surface area contributed by atoms with Crippen LogP contribution in [0.4, 0.5) is 23.1 Å². The van der Waals surface area contributed by atoms with Crippen molar-refractivity contribution in [1.29, 1.82) is 0 Å². The van der Waals surface area contributed by atoms with Gasteiger partial charge in [0.15, 0.2) is 5.82 Å². The number of nitrogens with one attached hydrogen (secondary N) is 4. The van der Waals surface area contributed by atoms with Gasteiger partial charge in [0.05, 0.1) is 23.7 Å². The van der Waals surface area contributed by atoms with E-state index in [4.69, 9.17) is 22.8 Å². The molecule has 3 aromatic carbocycles. The summed E-state index contributed by atoms with van der Waals surface area (Å²) in [5.74, 6) is 3.93. The van der Waals surface area contributed by atoms with Crippen LogP contribution in [0.3, 0.4) is 0 Å². The van der Waals surface area contributed by atoms with E-state index >= 15 is 0 Å². The van der Waals surface area contributed by atoms with Crippen LogP contribution in [0, 0.1) is 12.3 Å². The average molecular weight is 617 g/mol. The first-order chi connectivity index (χ1) is 20.7. The molecule has 1 aromatic heterocycles. The van der Waals surface area contributed by atoms with Crippen molar-refractivity contribution in [2.75, 3.05) is 24.7 Å². The quantitative estimate of drug-likeness (QED) is 0.105. The van der Waals surface area contributed by atoms with E-state index in [-0.39, 0.29) is 12.0 Å². The molecule has 1 amide bonds. The Morgan fingerprint density at radius 1 is 1.05 bits per heavy atom. The minimum atomic E-state index is -0.159. The lowest BCUT2D eigenvalue weighted by Gasteiger charge is -2.18. The number of carbonyl (C=O) groups excluding carboxylic acids is 1. The first kappa shape index (κ1) is 33.3. The number of terminal acetylenes is 1. The van der Waals surface area contributed by atoms with Crippen molar-refractivity contribution >= 4 is 52.6 Å². The maximum atomic E-state index is 12.0. The van der Waals surface area contributed by atoms with Gasteiger partial charge in [-0.05, 0) is 74.8 Å². The van der Waals surface area contributed by atoms with Gasteiger partial charge in [0.2, 0.25) is 5.95 Å². The molecular formula is C33H37ClN6O2S. The first-order valence-electron chi connectivity index (χ1n) is 13.9. The highest BCUT2D eigenvalue weighted by molar-refractivity contribution is 7.97. The third-order valence-corrected chi connectivity index (χ3v) is 6.72. The average Bonchev–Trinajstić information content (AvgIpc) is 3.00. The Hall–Kier alpha value is -4.23. The molecule has 0 fully saturated rings. The van der Waals surface area contributed by atoms with Crippen molar-refractivity contribution in [2.24, 2.45) is 0 Å². The fourth-order valence-electron chi connectivity index (χ4n) is 3.86. The number of hydrogen-bond acceptors (Lipinski definition) is 8. The molecule has 0 spiro atoms. The highest BCUT2D eigenvalue weighted by Crippen LogP contribution is 2.37. The second-order valence-corrected chi connectivity index (χ2v) is 11.0. The highest BCUT2D eigenvalue weighted by atomic mass is 35.5. The molecule has 0 aliphatic carbocycles. The molecule has 0 saturated heterocycles. The van der Waals surface area contributed by atoms with Crippen molar-refractivity contribution in [3.05, 3.63) is 83.0 Å². The zero-order valence-corrected chi connectivity index (χ0v) is 26.8. The number of benzene rings is 3. The van der Waals surface area contributed by atoms with E-state index in [0.29, 0.717) is 39.4 Å². The number of aromatic nitrogens is 2. The number of anilines is 4. The Balaban J connectivity index is 0.00000162. The Morgan fingerprint density at radius 3 is 2.37 bits per heavy atom. The number of carbonyl (C=O) groups is 1.